The first-order valence-electron chi connectivity index (χ1n) is 7.43. The van der Waals surface area contributed by atoms with Crippen molar-refractivity contribution in [3.8, 4) is 0 Å². The molecule has 110 valence electrons. The van der Waals surface area contributed by atoms with Crippen LogP contribution in [0.2, 0.25) is 0 Å². The highest BCUT2D eigenvalue weighted by Crippen LogP contribution is 2.18. The third-order valence-corrected chi connectivity index (χ3v) is 4.17. The van der Waals surface area contributed by atoms with E-state index in [0.29, 0.717) is 12.5 Å². The third-order valence-electron chi connectivity index (χ3n) is 4.17. The third kappa shape index (κ3) is 3.27. The predicted molar refractivity (Wildman–Crippen MR) is 74.8 cm³/mol. The fourth-order valence-electron chi connectivity index (χ4n) is 2.91. The van der Waals surface area contributed by atoms with Crippen LogP contribution in [0.5, 0.6) is 0 Å². The number of carbonyl (C=O) groups excluding carboxylic acids is 1. The van der Waals surface area contributed by atoms with Gasteiger partial charge in [0, 0.05) is 19.6 Å². The summed E-state index contributed by atoms with van der Waals surface area (Å²) < 4.78 is 5.80. The summed E-state index contributed by atoms with van der Waals surface area (Å²) in [4.78, 5) is 16.7. The number of rotatable bonds is 4. The Hall–Kier alpha value is -0.650. The van der Waals surface area contributed by atoms with Crippen LogP contribution >= 0.6 is 0 Å². The quantitative estimate of drug-likeness (QED) is 0.808. The topological polar surface area (TPSA) is 44.8 Å². The van der Waals surface area contributed by atoms with Gasteiger partial charge in [0.25, 0.3) is 0 Å². The van der Waals surface area contributed by atoms with Gasteiger partial charge in [-0.2, -0.15) is 0 Å². The van der Waals surface area contributed by atoms with Crippen molar-refractivity contribution in [2.45, 2.75) is 46.0 Å². The van der Waals surface area contributed by atoms with Gasteiger partial charge < -0.3 is 9.64 Å². The molecule has 2 heterocycles. The molecule has 2 saturated heterocycles. The van der Waals surface area contributed by atoms with E-state index in [-0.39, 0.29) is 24.2 Å². The number of nitrogens with zero attached hydrogens (tertiary/aromatic N) is 2. The molecule has 2 fully saturated rings. The Labute approximate surface area is 116 Å². The first-order chi connectivity index (χ1) is 9.02. The summed E-state index contributed by atoms with van der Waals surface area (Å²) in [6.07, 6.45) is 0.258. The zero-order valence-electron chi connectivity index (χ0n) is 12.6. The lowest BCUT2D eigenvalue weighted by Crippen LogP contribution is -2.49. The average Bonchev–Trinajstić information content (AvgIpc) is 2.67. The van der Waals surface area contributed by atoms with Crippen molar-refractivity contribution >= 4 is 5.91 Å². The van der Waals surface area contributed by atoms with Crippen LogP contribution in [0.15, 0.2) is 0 Å². The van der Waals surface area contributed by atoms with Gasteiger partial charge in [-0.15, -0.1) is 0 Å². The van der Waals surface area contributed by atoms with E-state index in [4.69, 9.17) is 4.74 Å². The lowest BCUT2D eigenvalue weighted by Gasteiger charge is -2.35. The van der Waals surface area contributed by atoms with Crippen molar-refractivity contribution in [2.75, 3.05) is 32.8 Å². The second-order valence-electron chi connectivity index (χ2n) is 5.94. The molecule has 0 aromatic carbocycles. The summed E-state index contributed by atoms with van der Waals surface area (Å²) in [6, 6.07) is -0.0409. The van der Waals surface area contributed by atoms with Crippen molar-refractivity contribution < 1.29 is 9.53 Å². The molecule has 1 N–H and O–H groups in total. The number of hydrogen-bond acceptors (Lipinski definition) is 4. The SMILES string of the molecule is CCN1CCOC(CN2C(=O)C(C(C)C)NC2C)C1. The Morgan fingerprint density at radius 3 is 2.79 bits per heavy atom. The van der Waals surface area contributed by atoms with Crippen LogP contribution in [0.4, 0.5) is 0 Å². The molecule has 3 unspecified atom stereocenters. The number of nitrogens with one attached hydrogen (secondary N) is 1. The maximum atomic E-state index is 12.4. The van der Waals surface area contributed by atoms with Gasteiger partial charge in [0.1, 0.15) is 0 Å². The van der Waals surface area contributed by atoms with E-state index in [1.54, 1.807) is 0 Å². The highest BCUT2D eigenvalue weighted by Gasteiger charge is 2.39. The van der Waals surface area contributed by atoms with Gasteiger partial charge in [-0.3, -0.25) is 15.0 Å². The summed E-state index contributed by atoms with van der Waals surface area (Å²) in [5, 5.41) is 3.38. The fourth-order valence-corrected chi connectivity index (χ4v) is 2.91. The number of morpholine rings is 1. The second-order valence-corrected chi connectivity index (χ2v) is 5.94. The fraction of sp³-hybridized carbons (Fsp3) is 0.929. The van der Waals surface area contributed by atoms with E-state index in [2.05, 4.69) is 37.9 Å². The van der Waals surface area contributed by atoms with Gasteiger partial charge >= 0.3 is 0 Å². The normalized spacial score (nSPS) is 33.4. The van der Waals surface area contributed by atoms with E-state index >= 15 is 0 Å². The van der Waals surface area contributed by atoms with E-state index in [1.807, 2.05) is 4.90 Å². The smallest absolute Gasteiger partial charge is 0.241 e. The second kappa shape index (κ2) is 6.20. The van der Waals surface area contributed by atoms with E-state index in [9.17, 15) is 4.79 Å². The molecule has 2 rings (SSSR count). The van der Waals surface area contributed by atoms with Crippen LogP contribution in [0, 0.1) is 5.92 Å². The highest BCUT2D eigenvalue weighted by molar-refractivity contribution is 5.84. The molecule has 0 radical (unpaired) electrons. The predicted octanol–water partition coefficient (Wildman–Crippen LogP) is 0.510. The minimum atomic E-state index is -0.0409. The Balaban J connectivity index is 1.93. The molecule has 1 amide bonds. The van der Waals surface area contributed by atoms with Crippen molar-refractivity contribution in [3.63, 3.8) is 0 Å². The molecule has 19 heavy (non-hydrogen) atoms. The molecular weight excluding hydrogens is 242 g/mol. The van der Waals surface area contributed by atoms with Gasteiger partial charge in [-0.05, 0) is 19.4 Å². The standard InChI is InChI=1S/C14H27N3O2/c1-5-16-6-7-19-12(8-16)9-17-11(4)15-13(10(2)3)14(17)18/h10-13,15H,5-9H2,1-4H3. The van der Waals surface area contributed by atoms with Crippen molar-refractivity contribution in [3.05, 3.63) is 0 Å². The van der Waals surface area contributed by atoms with E-state index < -0.39 is 0 Å². The Morgan fingerprint density at radius 2 is 2.21 bits per heavy atom. The molecule has 0 aliphatic carbocycles. The van der Waals surface area contributed by atoms with Crippen LogP contribution in [0.1, 0.15) is 27.7 Å². The molecule has 0 aromatic rings. The first-order valence-corrected chi connectivity index (χ1v) is 7.43. The van der Waals surface area contributed by atoms with Crippen LogP contribution in [-0.2, 0) is 9.53 Å². The number of amides is 1. The molecule has 2 aliphatic heterocycles. The highest BCUT2D eigenvalue weighted by atomic mass is 16.5. The zero-order valence-corrected chi connectivity index (χ0v) is 12.6. The van der Waals surface area contributed by atoms with Crippen molar-refractivity contribution in [2.24, 2.45) is 5.92 Å². The summed E-state index contributed by atoms with van der Waals surface area (Å²) in [6.45, 7) is 12.9. The Bertz CT molecular complexity index is 322. The van der Waals surface area contributed by atoms with Gasteiger partial charge in [0.05, 0.1) is 24.9 Å². The number of carbonyl (C=O) groups is 1. The maximum Gasteiger partial charge on any atom is 0.241 e. The van der Waals surface area contributed by atoms with Gasteiger partial charge in [-0.1, -0.05) is 20.8 Å². The molecular formula is C14H27N3O2. The first kappa shape index (κ1) is 14.8. The van der Waals surface area contributed by atoms with Crippen molar-refractivity contribution in [1.29, 1.82) is 0 Å². The van der Waals surface area contributed by atoms with Gasteiger partial charge in [0.2, 0.25) is 5.91 Å². The number of ether oxygens (including phenoxy) is 1. The zero-order chi connectivity index (χ0) is 14.0. The summed E-state index contributed by atoms with van der Waals surface area (Å²) in [7, 11) is 0. The Morgan fingerprint density at radius 1 is 1.47 bits per heavy atom. The molecule has 0 saturated carbocycles. The van der Waals surface area contributed by atoms with Crippen LogP contribution in [0.3, 0.4) is 0 Å². The minimum absolute atomic E-state index is 0.0409. The lowest BCUT2D eigenvalue weighted by molar-refractivity contribution is -0.133. The van der Waals surface area contributed by atoms with Crippen molar-refractivity contribution in [1.82, 2.24) is 15.1 Å². The van der Waals surface area contributed by atoms with Crippen LogP contribution in [0.25, 0.3) is 0 Å². The maximum absolute atomic E-state index is 12.4. The summed E-state index contributed by atoms with van der Waals surface area (Å²) >= 11 is 0. The summed E-state index contributed by atoms with van der Waals surface area (Å²) in [5.41, 5.74) is 0. The molecule has 5 heteroatoms. The molecule has 5 nitrogen and oxygen atoms in total. The summed E-state index contributed by atoms with van der Waals surface area (Å²) in [5.74, 6) is 0.555. The van der Waals surface area contributed by atoms with Crippen LogP contribution in [-0.4, -0.2) is 66.8 Å². The van der Waals surface area contributed by atoms with E-state index in [0.717, 1.165) is 26.2 Å². The molecule has 0 bridgehead atoms. The number of likely N-dealkylation sites (N-methyl/N-ethyl adjacent to an activating group) is 1. The lowest BCUT2D eigenvalue weighted by atomic mass is 10.0. The van der Waals surface area contributed by atoms with Gasteiger partial charge in [0.15, 0.2) is 0 Å². The van der Waals surface area contributed by atoms with Gasteiger partial charge in [-0.25, -0.2) is 0 Å². The average molecular weight is 269 g/mol. The molecule has 0 aromatic heterocycles. The molecule has 0 spiro atoms. The minimum Gasteiger partial charge on any atom is -0.374 e. The molecule has 2 aliphatic rings. The molecule has 3 atom stereocenters. The van der Waals surface area contributed by atoms with E-state index in [1.165, 1.54) is 0 Å². The monoisotopic (exact) mass is 269 g/mol. The number of hydrogen-bond donors (Lipinski definition) is 1. The van der Waals surface area contributed by atoms with Crippen LogP contribution < -0.4 is 5.32 Å². The Kier molecular flexibility index (Phi) is 4.81. The largest absolute Gasteiger partial charge is 0.374 e.